The zero-order valence-corrected chi connectivity index (χ0v) is 9.02. The van der Waals surface area contributed by atoms with Crippen molar-refractivity contribution in [3.63, 3.8) is 0 Å². The minimum Gasteiger partial charge on any atom is -0.491 e. The molecule has 90 valence electrons. The molecule has 17 heavy (non-hydrogen) atoms. The number of nitrogen functional groups attached to an aromatic ring is 1. The van der Waals surface area contributed by atoms with Crippen LogP contribution in [-0.4, -0.2) is 22.1 Å². The van der Waals surface area contributed by atoms with Crippen LogP contribution in [0.25, 0.3) is 0 Å². The van der Waals surface area contributed by atoms with E-state index in [0.717, 1.165) is 0 Å². The topological polar surface area (TPSA) is 66.0 Å². The van der Waals surface area contributed by atoms with Gasteiger partial charge in [0.2, 0.25) is 0 Å². The van der Waals surface area contributed by atoms with E-state index in [-0.39, 0.29) is 12.4 Å². The number of hydrogen-bond donors (Lipinski definition) is 1. The van der Waals surface area contributed by atoms with Gasteiger partial charge in [0.15, 0.2) is 23.2 Å². The summed E-state index contributed by atoms with van der Waals surface area (Å²) in [5.41, 5.74) is 5.76. The Morgan fingerprint density at radius 2 is 2.00 bits per heavy atom. The molecule has 1 aromatic carbocycles. The van der Waals surface area contributed by atoms with Gasteiger partial charge in [0.1, 0.15) is 0 Å². The lowest BCUT2D eigenvalue weighted by Gasteiger charge is -2.06. The molecule has 0 radical (unpaired) electrons. The van der Waals surface area contributed by atoms with E-state index < -0.39 is 17.4 Å². The lowest BCUT2D eigenvalue weighted by Crippen LogP contribution is -2.05. The van der Waals surface area contributed by atoms with Crippen LogP contribution < -0.4 is 10.5 Å². The van der Waals surface area contributed by atoms with Gasteiger partial charge >= 0.3 is 0 Å². The van der Waals surface area contributed by atoms with Gasteiger partial charge in [-0.15, -0.1) is 5.10 Å². The van der Waals surface area contributed by atoms with Gasteiger partial charge in [0, 0.05) is 0 Å². The maximum Gasteiger partial charge on any atom is 0.190 e. The lowest BCUT2D eigenvalue weighted by molar-refractivity contribution is 0.359. The van der Waals surface area contributed by atoms with Crippen molar-refractivity contribution in [1.82, 2.24) is 15.0 Å². The van der Waals surface area contributed by atoms with Crippen LogP contribution in [0.1, 0.15) is 5.56 Å². The molecule has 0 aliphatic heterocycles. The zero-order chi connectivity index (χ0) is 12.4. The molecular weight excluding hydrogens is 230 g/mol. The molecule has 2 N–H and O–H groups in total. The average Bonchev–Trinajstić information content (AvgIpc) is 2.63. The highest BCUT2D eigenvalue weighted by Crippen LogP contribution is 2.22. The molecule has 0 amide bonds. The molecule has 0 aliphatic rings. The van der Waals surface area contributed by atoms with E-state index in [2.05, 4.69) is 14.9 Å². The number of rotatable bonds is 3. The van der Waals surface area contributed by atoms with Crippen molar-refractivity contribution < 1.29 is 13.5 Å². The van der Waals surface area contributed by atoms with Gasteiger partial charge in [-0.2, -0.15) is 9.90 Å². The highest BCUT2D eigenvalue weighted by Gasteiger charge is 2.12. The van der Waals surface area contributed by atoms with Crippen LogP contribution in [0.4, 0.5) is 14.6 Å². The number of ether oxygens (including phenoxy) is 1. The minimum absolute atomic E-state index is 0.134. The summed E-state index contributed by atoms with van der Waals surface area (Å²) in [7, 11) is 1.21. The molecule has 0 unspecified atom stereocenters. The Labute approximate surface area is 95.8 Å². The first kappa shape index (κ1) is 11.3. The van der Waals surface area contributed by atoms with Crippen LogP contribution in [-0.2, 0) is 6.54 Å². The quantitative estimate of drug-likeness (QED) is 0.875. The van der Waals surface area contributed by atoms with Crippen LogP contribution in [0.15, 0.2) is 18.3 Å². The highest BCUT2D eigenvalue weighted by molar-refractivity contribution is 5.31. The summed E-state index contributed by atoms with van der Waals surface area (Å²) in [6, 6.07) is 2.34. The smallest absolute Gasteiger partial charge is 0.190 e. The number of anilines is 1. The SMILES string of the molecule is COc1c(F)cc(Cn2ncc(N)n2)cc1F. The molecule has 1 aromatic heterocycles. The summed E-state index contributed by atoms with van der Waals surface area (Å²) < 4.78 is 31.3. The Kier molecular flexibility index (Phi) is 2.90. The van der Waals surface area contributed by atoms with E-state index in [1.165, 1.54) is 30.2 Å². The number of hydrogen-bond acceptors (Lipinski definition) is 4. The maximum absolute atomic E-state index is 13.4. The summed E-state index contributed by atoms with van der Waals surface area (Å²) >= 11 is 0. The minimum atomic E-state index is -0.761. The van der Waals surface area contributed by atoms with E-state index in [1.54, 1.807) is 0 Å². The molecule has 0 saturated heterocycles. The van der Waals surface area contributed by atoms with Crippen molar-refractivity contribution >= 4 is 5.82 Å². The third kappa shape index (κ3) is 2.32. The molecule has 0 aliphatic carbocycles. The van der Waals surface area contributed by atoms with Crippen molar-refractivity contribution in [2.24, 2.45) is 0 Å². The van der Waals surface area contributed by atoms with Crippen molar-refractivity contribution in [3.8, 4) is 5.75 Å². The number of nitrogens with zero attached hydrogens (tertiary/aromatic N) is 3. The molecule has 7 heteroatoms. The second kappa shape index (κ2) is 4.36. The summed E-state index contributed by atoms with van der Waals surface area (Å²) in [4.78, 5) is 1.25. The first-order chi connectivity index (χ1) is 8.10. The van der Waals surface area contributed by atoms with Gasteiger partial charge in [-0.3, -0.25) is 0 Å². The number of aromatic nitrogens is 3. The molecule has 0 bridgehead atoms. The summed E-state index contributed by atoms with van der Waals surface area (Å²) in [6.45, 7) is 0.134. The van der Waals surface area contributed by atoms with E-state index in [9.17, 15) is 8.78 Å². The van der Waals surface area contributed by atoms with Crippen molar-refractivity contribution in [3.05, 3.63) is 35.5 Å². The molecular formula is C10H10F2N4O. The van der Waals surface area contributed by atoms with Gasteiger partial charge in [-0.25, -0.2) is 8.78 Å². The maximum atomic E-state index is 13.4. The average molecular weight is 240 g/mol. The first-order valence-electron chi connectivity index (χ1n) is 4.77. The van der Waals surface area contributed by atoms with Crippen LogP contribution in [0.5, 0.6) is 5.75 Å². The third-order valence-corrected chi connectivity index (χ3v) is 2.14. The molecule has 0 fully saturated rings. The standard InChI is InChI=1S/C10H10F2N4O/c1-17-10-7(11)2-6(3-8(10)12)5-16-14-4-9(13)15-16/h2-4H,5H2,1H3,(H2,13,15). The first-order valence-corrected chi connectivity index (χ1v) is 4.77. The van der Waals surface area contributed by atoms with Crippen LogP contribution >= 0.6 is 0 Å². The Morgan fingerprint density at radius 1 is 1.35 bits per heavy atom. The Bertz CT molecular complexity index is 518. The van der Waals surface area contributed by atoms with Crippen LogP contribution in [0, 0.1) is 11.6 Å². The molecule has 0 saturated carbocycles. The van der Waals surface area contributed by atoms with Crippen molar-refractivity contribution in [1.29, 1.82) is 0 Å². The van der Waals surface area contributed by atoms with Gasteiger partial charge in [-0.05, 0) is 17.7 Å². The van der Waals surface area contributed by atoms with Crippen LogP contribution in [0.2, 0.25) is 0 Å². The highest BCUT2D eigenvalue weighted by atomic mass is 19.1. The van der Waals surface area contributed by atoms with Gasteiger partial charge in [-0.1, -0.05) is 0 Å². The fraction of sp³-hybridized carbons (Fsp3) is 0.200. The Hall–Kier alpha value is -2.18. The largest absolute Gasteiger partial charge is 0.491 e. The van der Waals surface area contributed by atoms with Gasteiger partial charge in [0.05, 0.1) is 19.9 Å². The third-order valence-electron chi connectivity index (χ3n) is 2.14. The van der Waals surface area contributed by atoms with E-state index in [4.69, 9.17) is 5.73 Å². The number of benzene rings is 1. The molecule has 5 nitrogen and oxygen atoms in total. The zero-order valence-electron chi connectivity index (χ0n) is 9.02. The predicted octanol–water partition coefficient (Wildman–Crippen LogP) is 1.20. The van der Waals surface area contributed by atoms with E-state index >= 15 is 0 Å². The second-order valence-corrected chi connectivity index (χ2v) is 3.39. The summed E-state index contributed by atoms with van der Waals surface area (Å²) in [5.74, 6) is -1.67. The Balaban J connectivity index is 2.28. The predicted molar refractivity (Wildman–Crippen MR) is 56.4 cm³/mol. The molecule has 2 aromatic rings. The lowest BCUT2D eigenvalue weighted by atomic mass is 10.2. The normalized spacial score (nSPS) is 10.5. The summed E-state index contributed by atoms with van der Waals surface area (Å²) in [5, 5.41) is 7.63. The van der Waals surface area contributed by atoms with Gasteiger partial charge in [0.25, 0.3) is 0 Å². The van der Waals surface area contributed by atoms with Crippen molar-refractivity contribution in [2.75, 3.05) is 12.8 Å². The number of nitrogens with two attached hydrogens (primary N) is 1. The second-order valence-electron chi connectivity index (χ2n) is 3.39. The summed E-state index contributed by atoms with van der Waals surface area (Å²) in [6.07, 6.45) is 1.36. The monoisotopic (exact) mass is 240 g/mol. The molecule has 2 rings (SSSR count). The van der Waals surface area contributed by atoms with E-state index in [0.29, 0.717) is 5.56 Å². The fourth-order valence-electron chi connectivity index (χ4n) is 1.45. The van der Waals surface area contributed by atoms with Gasteiger partial charge < -0.3 is 10.5 Å². The van der Waals surface area contributed by atoms with Crippen molar-refractivity contribution in [2.45, 2.75) is 6.54 Å². The van der Waals surface area contributed by atoms with Crippen LogP contribution in [0.3, 0.4) is 0 Å². The molecule has 0 spiro atoms. The van der Waals surface area contributed by atoms with E-state index in [1.807, 2.05) is 0 Å². The molecule has 1 heterocycles. The number of halogens is 2. The fourth-order valence-corrected chi connectivity index (χ4v) is 1.45. The molecule has 0 atom stereocenters. The number of methoxy groups -OCH3 is 1. The Morgan fingerprint density at radius 3 is 2.47 bits per heavy atom.